The van der Waals surface area contributed by atoms with Crippen LogP contribution in [0.5, 0.6) is 0 Å². The van der Waals surface area contributed by atoms with Crippen molar-refractivity contribution in [2.75, 3.05) is 0 Å². The second-order valence-corrected chi connectivity index (χ2v) is 6.17. The van der Waals surface area contributed by atoms with Crippen molar-refractivity contribution in [3.8, 4) is 0 Å². The summed E-state index contributed by atoms with van der Waals surface area (Å²) >= 11 is 1.77. The van der Waals surface area contributed by atoms with Gasteiger partial charge in [-0.05, 0) is 31.5 Å². The van der Waals surface area contributed by atoms with Crippen molar-refractivity contribution in [1.29, 1.82) is 0 Å². The van der Waals surface area contributed by atoms with Crippen LogP contribution >= 0.6 is 11.8 Å². The second-order valence-electron chi connectivity index (χ2n) is 5.09. The predicted octanol–water partition coefficient (Wildman–Crippen LogP) is 4.55. The van der Waals surface area contributed by atoms with Gasteiger partial charge in [-0.25, -0.2) is 0 Å². The highest BCUT2D eigenvalue weighted by molar-refractivity contribution is 7.99. The minimum Gasteiger partial charge on any atom is -0.468 e. The zero-order valence-corrected chi connectivity index (χ0v) is 12.8. The van der Waals surface area contributed by atoms with E-state index in [9.17, 15) is 0 Å². The van der Waals surface area contributed by atoms with Crippen LogP contribution in [-0.4, -0.2) is 6.04 Å². The molecule has 0 aliphatic rings. The Morgan fingerprint density at radius 3 is 2.58 bits per heavy atom. The maximum atomic E-state index is 5.36. The van der Waals surface area contributed by atoms with E-state index in [1.807, 2.05) is 13.0 Å². The molecule has 0 amide bonds. The molecular formula is C16H21NOS. The summed E-state index contributed by atoms with van der Waals surface area (Å²) in [5.41, 5.74) is 2.65. The number of hydrogen-bond donors (Lipinski definition) is 1. The van der Waals surface area contributed by atoms with E-state index >= 15 is 0 Å². The summed E-state index contributed by atoms with van der Waals surface area (Å²) in [6.07, 6.45) is 1.75. The molecule has 19 heavy (non-hydrogen) atoms. The zero-order chi connectivity index (χ0) is 13.8. The van der Waals surface area contributed by atoms with Crippen molar-refractivity contribution in [1.82, 2.24) is 5.32 Å². The molecule has 0 fully saturated rings. The fraction of sp³-hybridized carbons (Fsp3) is 0.375. The monoisotopic (exact) mass is 275 g/mol. The Balaban J connectivity index is 2.21. The Morgan fingerprint density at radius 2 is 1.95 bits per heavy atom. The third-order valence-corrected chi connectivity index (χ3v) is 4.21. The molecule has 1 N–H and O–H groups in total. The fourth-order valence-electron chi connectivity index (χ4n) is 1.86. The summed E-state index contributed by atoms with van der Waals surface area (Å²) in [5.74, 6) is 0.980. The molecule has 0 saturated carbocycles. The normalized spacial score (nSPS) is 11.2. The molecule has 2 rings (SSSR count). The van der Waals surface area contributed by atoms with Gasteiger partial charge in [0, 0.05) is 17.5 Å². The van der Waals surface area contributed by atoms with Crippen LogP contribution in [0.3, 0.4) is 0 Å². The van der Waals surface area contributed by atoms with Crippen molar-refractivity contribution in [3.63, 3.8) is 0 Å². The van der Waals surface area contributed by atoms with Crippen LogP contribution in [-0.2, 0) is 6.54 Å². The van der Waals surface area contributed by atoms with Crippen molar-refractivity contribution >= 4 is 11.8 Å². The van der Waals surface area contributed by atoms with Gasteiger partial charge in [0.2, 0.25) is 0 Å². The van der Waals surface area contributed by atoms with Crippen LogP contribution in [0.4, 0.5) is 0 Å². The molecule has 2 aromatic rings. The number of aryl methyl sites for hydroxylation is 2. The highest BCUT2D eigenvalue weighted by Gasteiger charge is 2.09. The minimum absolute atomic E-state index is 0.494. The summed E-state index contributed by atoms with van der Waals surface area (Å²) < 4.78 is 5.36. The first-order valence-electron chi connectivity index (χ1n) is 6.61. The maximum absolute atomic E-state index is 5.36. The van der Waals surface area contributed by atoms with Gasteiger partial charge in [-0.2, -0.15) is 0 Å². The number of rotatable bonds is 5. The van der Waals surface area contributed by atoms with Gasteiger partial charge >= 0.3 is 0 Å². The van der Waals surface area contributed by atoms with Gasteiger partial charge in [0.25, 0.3) is 0 Å². The SMILES string of the molecule is Cc1ccc(Sc2ccoc2C)c(CNC(C)C)c1. The van der Waals surface area contributed by atoms with Gasteiger partial charge in [-0.1, -0.05) is 43.3 Å². The highest BCUT2D eigenvalue weighted by atomic mass is 32.2. The van der Waals surface area contributed by atoms with Crippen LogP contribution in [0.15, 0.2) is 44.7 Å². The summed E-state index contributed by atoms with van der Waals surface area (Å²) in [7, 11) is 0. The Labute approximate surface area is 119 Å². The lowest BCUT2D eigenvalue weighted by atomic mass is 10.1. The summed E-state index contributed by atoms with van der Waals surface area (Å²) in [6.45, 7) is 9.38. The lowest BCUT2D eigenvalue weighted by molar-refractivity contribution is 0.527. The number of furan rings is 1. The lowest BCUT2D eigenvalue weighted by Gasteiger charge is -2.13. The van der Waals surface area contributed by atoms with E-state index in [0.717, 1.165) is 12.3 Å². The molecule has 0 saturated heterocycles. The average Bonchev–Trinajstić information content (AvgIpc) is 2.75. The first-order chi connectivity index (χ1) is 9.06. The molecule has 0 bridgehead atoms. The van der Waals surface area contributed by atoms with Crippen LogP contribution in [0, 0.1) is 13.8 Å². The molecule has 3 heteroatoms. The Morgan fingerprint density at radius 1 is 1.16 bits per heavy atom. The van der Waals surface area contributed by atoms with E-state index < -0.39 is 0 Å². The molecule has 0 radical (unpaired) electrons. The van der Waals surface area contributed by atoms with Gasteiger partial charge < -0.3 is 9.73 Å². The Kier molecular flexibility index (Phi) is 4.72. The third-order valence-electron chi connectivity index (χ3n) is 2.95. The molecule has 1 aromatic carbocycles. The first kappa shape index (κ1) is 14.2. The number of hydrogen-bond acceptors (Lipinski definition) is 3. The molecule has 1 aromatic heterocycles. The van der Waals surface area contributed by atoms with Gasteiger partial charge in [-0.15, -0.1) is 0 Å². The molecular weight excluding hydrogens is 254 g/mol. The highest BCUT2D eigenvalue weighted by Crippen LogP contribution is 2.33. The largest absolute Gasteiger partial charge is 0.468 e. The van der Waals surface area contributed by atoms with Crippen molar-refractivity contribution < 1.29 is 4.42 Å². The molecule has 1 heterocycles. The molecule has 0 aliphatic carbocycles. The maximum Gasteiger partial charge on any atom is 0.114 e. The van der Waals surface area contributed by atoms with Crippen molar-refractivity contribution in [2.24, 2.45) is 0 Å². The lowest BCUT2D eigenvalue weighted by Crippen LogP contribution is -2.22. The molecule has 0 spiro atoms. The fourth-order valence-corrected chi connectivity index (χ4v) is 2.81. The van der Waals surface area contributed by atoms with E-state index in [0.29, 0.717) is 6.04 Å². The van der Waals surface area contributed by atoms with Gasteiger partial charge in [0.1, 0.15) is 5.76 Å². The van der Waals surface area contributed by atoms with Gasteiger partial charge in [-0.3, -0.25) is 0 Å². The Hall–Kier alpha value is -1.19. The topological polar surface area (TPSA) is 25.2 Å². The van der Waals surface area contributed by atoms with E-state index in [1.54, 1.807) is 18.0 Å². The van der Waals surface area contributed by atoms with E-state index in [1.165, 1.54) is 20.9 Å². The number of nitrogens with one attached hydrogen (secondary N) is 1. The van der Waals surface area contributed by atoms with Crippen LogP contribution in [0.25, 0.3) is 0 Å². The zero-order valence-electron chi connectivity index (χ0n) is 12.0. The van der Waals surface area contributed by atoms with Gasteiger partial charge in [0.05, 0.1) is 11.2 Å². The van der Waals surface area contributed by atoms with Crippen LogP contribution < -0.4 is 5.32 Å². The van der Waals surface area contributed by atoms with Crippen molar-refractivity contribution in [3.05, 3.63) is 47.4 Å². The molecule has 0 atom stereocenters. The second kappa shape index (κ2) is 6.31. The quantitative estimate of drug-likeness (QED) is 0.867. The molecule has 2 nitrogen and oxygen atoms in total. The van der Waals surface area contributed by atoms with Crippen LogP contribution in [0.2, 0.25) is 0 Å². The average molecular weight is 275 g/mol. The van der Waals surface area contributed by atoms with E-state index in [-0.39, 0.29) is 0 Å². The first-order valence-corrected chi connectivity index (χ1v) is 7.43. The summed E-state index contributed by atoms with van der Waals surface area (Å²) in [5, 5.41) is 3.49. The van der Waals surface area contributed by atoms with Gasteiger partial charge in [0.15, 0.2) is 0 Å². The minimum atomic E-state index is 0.494. The summed E-state index contributed by atoms with van der Waals surface area (Å²) in [6, 6.07) is 9.14. The predicted molar refractivity (Wildman–Crippen MR) is 80.7 cm³/mol. The molecule has 102 valence electrons. The third kappa shape index (κ3) is 3.88. The van der Waals surface area contributed by atoms with Crippen LogP contribution in [0.1, 0.15) is 30.7 Å². The van der Waals surface area contributed by atoms with E-state index in [4.69, 9.17) is 4.42 Å². The smallest absolute Gasteiger partial charge is 0.114 e. The Bertz CT molecular complexity index is 545. The van der Waals surface area contributed by atoms with Crippen molar-refractivity contribution in [2.45, 2.75) is 50.1 Å². The standard InChI is InChI=1S/C16H21NOS/c1-11(2)17-10-14-9-12(3)5-6-16(14)19-15-7-8-18-13(15)4/h5-9,11,17H,10H2,1-4H3. The molecule has 0 aliphatic heterocycles. The summed E-state index contributed by atoms with van der Waals surface area (Å²) in [4.78, 5) is 2.48. The van der Waals surface area contributed by atoms with E-state index in [2.05, 4.69) is 44.3 Å². The number of benzene rings is 1. The molecule has 0 unspecified atom stereocenters.